The Bertz CT molecular complexity index is 202. The fourth-order valence-electron chi connectivity index (χ4n) is 1.68. The van der Waals surface area contributed by atoms with Crippen molar-refractivity contribution in [2.45, 2.75) is 52.2 Å². The van der Waals surface area contributed by atoms with Gasteiger partial charge in [-0.05, 0) is 19.4 Å². The molecule has 3 nitrogen and oxygen atoms in total. The minimum absolute atomic E-state index is 0.126. The summed E-state index contributed by atoms with van der Waals surface area (Å²) in [5.74, 6) is 0.138. The lowest BCUT2D eigenvalue weighted by Gasteiger charge is -2.22. The molecule has 0 aromatic carbocycles. The van der Waals surface area contributed by atoms with Crippen LogP contribution in [-0.4, -0.2) is 29.6 Å². The second-order valence-electron chi connectivity index (χ2n) is 5.15. The van der Waals surface area contributed by atoms with Crippen molar-refractivity contribution in [3.8, 4) is 0 Å². The lowest BCUT2D eigenvalue weighted by molar-refractivity contribution is -0.128. The van der Waals surface area contributed by atoms with Crippen molar-refractivity contribution >= 4 is 5.78 Å². The first-order chi connectivity index (χ1) is 6.41. The van der Waals surface area contributed by atoms with Gasteiger partial charge in [0.15, 0.2) is 0 Å². The highest BCUT2D eigenvalue weighted by molar-refractivity contribution is 5.84. The number of hydrogen-bond donors (Lipinski definition) is 2. The standard InChI is InChI=1S/C11H21NO2/c1-11(2,3)10(14)7-9(13)8-5-4-6-12-8/h8-9,12-13H,4-7H2,1-3H3/t8-,9+/m0/s1. The summed E-state index contributed by atoms with van der Waals surface area (Å²) in [5.41, 5.74) is -0.334. The van der Waals surface area contributed by atoms with Crippen LogP contribution in [0.2, 0.25) is 0 Å². The third kappa shape index (κ3) is 3.07. The highest BCUT2D eigenvalue weighted by atomic mass is 16.3. The number of aliphatic hydroxyl groups is 1. The zero-order valence-electron chi connectivity index (χ0n) is 9.34. The van der Waals surface area contributed by atoms with E-state index in [0.29, 0.717) is 0 Å². The van der Waals surface area contributed by atoms with E-state index in [-0.39, 0.29) is 23.7 Å². The molecule has 0 bridgehead atoms. The van der Waals surface area contributed by atoms with E-state index in [1.807, 2.05) is 20.8 Å². The maximum atomic E-state index is 11.6. The average Bonchev–Trinajstić information content (AvgIpc) is 2.53. The van der Waals surface area contributed by atoms with E-state index < -0.39 is 6.10 Å². The zero-order valence-corrected chi connectivity index (χ0v) is 9.34. The molecule has 82 valence electrons. The summed E-state index contributed by atoms with van der Waals surface area (Å²) < 4.78 is 0. The van der Waals surface area contributed by atoms with Gasteiger partial charge >= 0.3 is 0 Å². The molecule has 0 aliphatic carbocycles. The number of Topliss-reactive ketones (excluding diaryl/α,β-unsaturated/α-hetero) is 1. The van der Waals surface area contributed by atoms with E-state index >= 15 is 0 Å². The van der Waals surface area contributed by atoms with Gasteiger partial charge in [0.25, 0.3) is 0 Å². The molecule has 0 saturated carbocycles. The minimum Gasteiger partial charge on any atom is -0.391 e. The molecule has 0 radical (unpaired) electrons. The van der Waals surface area contributed by atoms with Crippen LogP contribution < -0.4 is 5.32 Å². The molecule has 1 aliphatic rings. The summed E-state index contributed by atoms with van der Waals surface area (Å²) in [6.07, 6.45) is 1.86. The SMILES string of the molecule is CC(C)(C)C(=O)C[C@@H](O)[C@@H]1CCCN1. The molecule has 2 atom stereocenters. The average molecular weight is 199 g/mol. The number of ketones is 1. The molecule has 0 amide bonds. The molecule has 1 heterocycles. The molecule has 2 N–H and O–H groups in total. The number of nitrogens with one attached hydrogen (secondary N) is 1. The van der Waals surface area contributed by atoms with Crippen molar-refractivity contribution in [1.82, 2.24) is 5.32 Å². The van der Waals surface area contributed by atoms with E-state index in [1.165, 1.54) is 0 Å². The van der Waals surface area contributed by atoms with Crippen LogP contribution >= 0.6 is 0 Å². The Labute approximate surface area is 85.9 Å². The van der Waals surface area contributed by atoms with Crippen LogP contribution in [0.1, 0.15) is 40.0 Å². The van der Waals surface area contributed by atoms with E-state index in [4.69, 9.17) is 0 Å². The summed E-state index contributed by atoms with van der Waals surface area (Å²) in [5, 5.41) is 13.0. The Morgan fingerprint density at radius 2 is 2.21 bits per heavy atom. The first-order valence-corrected chi connectivity index (χ1v) is 5.36. The van der Waals surface area contributed by atoms with Gasteiger partial charge in [0.2, 0.25) is 0 Å². The molecule has 0 aromatic rings. The van der Waals surface area contributed by atoms with E-state index in [1.54, 1.807) is 0 Å². The number of carbonyl (C=O) groups is 1. The quantitative estimate of drug-likeness (QED) is 0.715. The normalized spacial score (nSPS) is 25.0. The van der Waals surface area contributed by atoms with Crippen LogP contribution in [0.25, 0.3) is 0 Å². The summed E-state index contributed by atoms with van der Waals surface area (Å²) in [4.78, 5) is 11.6. The number of rotatable bonds is 3. The smallest absolute Gasteiger partial charge is 0.140 e. The summed E-state index contributed by atoms with van der Waals surface area (Å²) in [6, 6.07) is 0.126. The van der Waals surface area contributed by atoms with Crippen LogP contribution in [0.3, 0.4) is 0 Å². The summed E-state index contributed by atoms with van der Waals surface area (Å²) >= 11 is 0. The van der Waals surface area contributed by atoms with Crippen molar-refractivity contribution < 1.29 is 9.90 Å². The van der Waals surface area contributed by atoms with E-state index in [2.05, 4.69) is 5.32 Å². The molecule has 0 aromatic heterocycles. The van der Waals surface area contributed by atoms with Gasteiger partial charge in [-0.25, -0.2) is 0 Å². The zero-order chi connectivity index (χ0) is 10.8. The lowest BCUT2D eigenvalue weighted by atomic mass is 9.86. The van der Waals surface area contributed by atoms with Gasteiger partial charge in [-0.1, -0.05) is 20.8 Å². The van der Waals surface area contributed by atoms with Crippen LogP contribution in [0, 0.1) is 5.41 Å². The third-order valence-corrected chi connectivity index (χ3v) is 2.79. The van der Waals surface area contributed by atoms with Gasteiger partial charge in [-0.3, -0.25) is 4.79 Å². The monoisotopic (exact) mass is 199 g/mol. The van der Waals surface area contributed by atoms with Crippen molar-refractivity contribution in [2.75, 3.05) is 6.54 Å². The topological polar surface area (TPSA) is 49.3 Å². The maximum Gasteiger partial charge on any atom is 0.140 e. The van der Waals surface area contributed by atoms with Crippen LogP contribution in [0.15, 0.2) is 0 Å². The summed E-state index contributed by atoms with van der Waals surface area (Å²) in [6.45, 7) is 6.64. The molecular weight excluding hydrogens is 178 g/mol. The lowest BCUT2D eigenvalue weighted by Crippen LogP contribution is -2.38. The highest BCUT2D eigenvalue weighted by Gasteiger charge is 2.29. The molecule has 1 saturated heterocycles. The molecule has 1 aliphatic heterocycles. The largest absolute Gasteiger partial charge is 0.391 e. The van der Waals surface area contributed by atoms with Gasteiger partial charge in [-0.15, -0.1) is 0 Å². The third-order valence-electron chi connectivity index (χ3n) is 2.79. The second-order valence-corrected chi connectivity index (χ2v) is 5.15. The first-order valence-electron chi connectivity index (χ1n) is 5.36. The van der Waals surface area contributed by atoms with Crippen LogP contribution in [0.4, 0.5) is 0 Å². The Balaban J connectivity index is 2.39. The Morgan fingerprint density at radius 1 is 1.57 bits per heavy atom. The Hall–Kier alpha value is -0.410. The van der Waals surface area contributed by atoms with Crippen molar-refractivity contribution in [3.63, 3.8) is 0 Å². The van der Waals surface area contributed by atoms with Crippen LogP contribution in [0.5, 0.6) is 0 Å². The minimum atomic E-state index is -0.510. The number of aliphatic hydroxyl groups excluding tert-OH is 1. The second kappa shape index (κ2) is 4.41. The van der Waals surface area contributed by atoms with E-state index in [0.717, 1.165) is 19.4 Å². The number of carbonyl (C=O) groups excluding carboxylic acids is 1. The molecular formula is C11H21NO2. The van der Waals surface area contributed by atoms with E-state index in [9.17, 15) is 9.90 Å². The molecule has 0 unspecified atom stereocenters. The molecule has 3 heteroatoms. The predicted octanol–water partition coefficient (Wildman–Crippen LogP) is 1.10. The highest BCUT2D eigenvalue weighted by Crippen LogP contribution is 2.20. The van der Waals surface area contributed by atoms with Crippen molar-refractivity contribution in [2.24, 2.45) is 5.41 Å². The van der Waals surface area contributed by atoms with Crippen molar-refractivity contribution in [1.29, 1.82) is 0 Å². The van der Waals surface area contributed by atoms with Gasteiger partial charge < -0.3 is 10.4 Å². The molecule has 0 spiro atoms. The van der Waals surface area contributed by atoms with Gasteiger partial charge in [0.05, 0.1) is 6.10 Å². The molecule has 1 rings (SSSR count). The van der Waals surface area contributed by atoms with Gasteiger partial charge in [0.1, 0.15) is 5.78 Å². The van der Waals surface area contributed by atoms with Gasteiger partial charge in [0, 0.05) is 17.9 Å². The number of hydrogen-bond acceptors (Lipinski definition) is 3. The molecule has 1 fully saturated rings. The molecule has 14 heavy (non-hydrogen) atoms. The van der Waals surface area contributed by atoms with Gasteiger partial charge in [-0.2, -0.15) is 0 Å². The fraction of sp³-hybridized carbons (Fsp3) is 0.909. The first kappa shape index (κ1) is 11.7. The Morgan fingerprint density at radius 3 is 2.64 bits per heavy atom. The predicted molar refractivity (Wildman–Crippen MR) is 56.1 cm³/mol. The maximum absolute atomic E-state index is 11.6. The summed E-state index contributed by atoms with van der Waals surface area (Å²) in [7, 11) is 0. The van der Waals surface area contributed by atoms with Crippen LogP contribution in [-0.2, 0) is 4.79 Å². The fourth-order valence-corrected chi connectivity index (χ4v) is 1.68. The Kier molecular flexibility index (Phi) is 3.67. The van der Waals surface area contributed by atoms with Crippen molar-refractivity contribution in [3.05, 3.63) is 0 Å².